The van der Waals surface area contributed by atoms with Crippen molar-refractivity contribution < 1.29 is 9.84 Å². The largest absolute Gasteiger partial charge is 0.332 e. The molecule has 0 amide bonds. The Morgan fingerprint density at radius 2 is 2.20 bits per heavy atom. The average molecular weight is 198 g/mol. The molecule has 0 atom stereocenters. The lowest BCUT2D eigenvalue weighted by molar-refractivity contribution is 0.236. The van der Waals surface area contributed by atoms with E-state index in [0.717, 1.165) is 12.8 Å². The summed E-state index contributed by atoms with van der Waals surface area (Å²) in [5, 5.41) is 8.67. The molecule has 0 saturated carbocycles. The van der Waals surface area contributed by atoms with Crippen molar-refractivity contribution in [2.45, 2.75) is 19.8 Å². The van der Waals surface area contributed by atoms with Gasteiger partial charge in [0.2, 0.25) is 0 Å². The molecule has 0 radical (unpaired) electrons. The van der Waals surface area contributed by atoms with Gasteiger partial charge in [0.05, 0.1) is 6.61 Å². The van der Waals surface area contributed by atoms with Gasteiger partial charge in [0.1, 0.15) is 0 Å². The quantitative estimate of drug-likeness (QED) is 0.541. The van der Waals surface area contributed by atoms with Gasteiger partial charge in [-0.05, 0) is 36.4 Å². The summed E-state index contributed by atoms with van der Waals surface area (Å²) in [5.41, 5.74) is 0. The zero-order valence-electron chi connectivity index (χ0n) is 5.70. The fourth-order valence-electron chi connectivity index (χ4n) is 0.352. The summed E-state index contributed by atoms with van der Waals surface area (Å²) in [4.78, 5) is 0. The Hall–Kier alpha value is 0.450. The molecule has 0 aromatic heterocycles. The van der Waals surface area contributed by atoms with Crippen LogP contribution in [-0.2, 0) is 34.7 Å². The molecular weight excluding hydrogens is 188 g/mol. The van der Waals surface area contributed by atoms with Crippen LogP contribution in [0.3, 0.4) is 0 Å². The minimum absolute atomic E-state index is 0.182. The molecule has 0 aliphatic carbocycles. The molecular formula is C5H10O2S3. The van der Waals surface area contributed by atoms with Gasteiger partial charge in [0, 0.05) is 0 Å². The maximum absolute atomic E-state index is 8.85. The molecule has 10 heavy (non-hydrogen) atoms. The highest BCUT2D eigenvalue weighted by molar-refractivity contribution is 8.45. The van der Waals surface area contributed by atoms with Crippen LogP contribution in [0.4, 0.5) is 0 Å². The van der Waals surface area contributed by atoms with Gasteiger partial charge in [0.15, 0.2) is 0 Å². The predicted molar refractivity (Wildman–Crippen MR) is 50.6 cm³/mol. The second-order valence-electron chi connectivity index (χ2n) is 1.70. The van der Waals surface area contributed by atoms with Crippen molar-refractivity contribution in [3.8, 4) is 0 Å². The van der Waals surface area contributed by atoms with Gasteiger partial charge in [-0.1, -0.05) is 13.3 Å². The lowest BCUT2D eigenvalue weighted by atomic mass is 10.4. The molecule has 0 fully saturated rings. The highest BCUT2D eigenvalue weighted by atomic mass is 33.1. The summed E-state index contributed by atoms with van der Waals surface area (Å²) in [6.07, 6.45) is 1.96. The van der Waals surface area contributed by atoms with E-state index in [2.05, 4.69) is 22.4 Å². The van der Waals surface area contributed by atoms with Gasteiger partial charge in [-0.15, -0.1) is 0 Å². The average Bonchev–Trinajstić information content (AvgIpc) is 1.88. The second kappa shape index (κ2) is 6.18. The monoisotopic (exact) mass is 198 g/mol. The molecule has 0 heterocycles. The van der Waals surface area contributed by atoms with Crippen LogP contribution in [0, 0.1) is 0 Å². The van der Waals surface area contributed by atoms with E-state index in [1.807, 2.05) is 6.92 Å². The first kappa shape index (κ1) is 10.4. The molecule has 0 saturated heterocycles. The highest BCUT2D eigenvalue weighted by Crippen LogP contribution is 1.86. The number of aliphatic hydroxyl groups is 1. The lowest BCUT2D eigenvalue weighted by Gasteiger charge is -1.96. The number of hydrogen-bond donors (Lipinski definition) is 1. The van der Waals surface area contributed by atoms with E-state index in [1.165, 1.54) is 0 Å². The summed E-state index contributed by atoms with van der Waals surface area (Å²) in [7, 11) is -0.947. The first-order chi connectivity index (χ1) is 4.68. The third kappa shape index (κ3) is 5.25. The Bertz CT molecular complexity index is 197. The predicted octanol–water partition coefficient (Wildman–Crippen LogP) is 0.991. The van der Waals surface area contributed by atoms with Crippen LogP contribution in [0.15, 0.2) is 0 Å². The van der Waals surface area contributed by atoms with Crippen molar-refractivity contribution in [2.75, 3.05) is 6.61 Å². The third-order valence-corrected chi connectivity index (χ3v) is 2.12. The summed E-state index contributed by atoms with van der Waals surface area (Å²) < 4.78 is 4.82. The molecule has 0 aromatic carbocycles. The minimum atomic E-state index is -0.947. The van der Waals surface area contributed by atoms with Crippen LogP contribution >= 0.6 is 0 Å². The number of ether oxygens (including phenoxy) is 1. The smallest absolute Gasteiger partial charge is 0.251 e. The third-order valence-electron chi connectivity index (χ3n) is 0.866. The molecule has 0 unspecified atom stereocenters. The standard InChI is InChI=1S/C5H10O2S3/c1-2-3-4-7-5(6)10(8)9/h6H,2-4H2,1H3. The van der Waals surface area contributed by atoms with E-state index in [4.69, 9.17) is 9.84 Å². The van der Waals surface area contributed by atoms with Crippen LogP contribution in [0.1, 0.15) is 19.8 Å². The summed E-state index contributed by atoms with van der Waals surface area (Å²) in [6, 6.07) is 0. The normalized spacial score (nSPS) is 9.40. The van der Waals surface area contributed by atoms with Gasteiger partial charge in [0.25, 0.3) is 5.24 Å². The second-order valence-corrected chi connectivity index (χ2v) is 5.15. The molecule has 0 spiro atoms. The van der Waals surface area contributed by atoms with Gasteiger partial charge in [-0.3, -0.25) is 0 Å². The van der Waals surface area contributed by atoms with Crippen LogP contribution in [0.5, 0.6) is 0 Å². The highest BCUT2D eigenvalue weighted by Gasteiger charge is 1.89. The molecule has 1 N–H and O–H groups in total. The molecule has 0 aliphatic heterocycles. The van der Waals surface area contributed by atoms with Crippen molar-refractivity contribution in [3.63, 3.8) is 0 Å². The fourth-order valence-corrected chi connectivity index (χ4v) is 0.820. The molecule has 60 valence electrons. The molecule has 0 bridgehead atoms. The maximum atomic E-state index is 8.85. The number of rotatable bonds is 3. The van der Waals surface area contributed by atoms with Crippen LogP contribution in [0.2, 0.25) is 0 Å². The Kier molecular flexibility index (Phi) is 6.46. The van der Waals surface area contributed by atoms with Gasteiger partial charge < -0.3 is 9.84 Å². The fraction of sp³-hybridized carbons (Fsp3) is 0.800. The van der Waals surface area contributed by atoms with Crippen molar-refractivity contribution in [1.82, 2.24) is 0 Å². The zero-order chi connectivity index (χ0) is 7.98. The Morgan fingerprint density at radius 3 is 2.60 bits per heavy atom. The Balaban J connectivity index is 3.61. The van der Waals surface area contributed by atoms with E-state index in [-0.39, 0.29) is 5.24 Å². The first-order valence-electron chi connectivity index (χ1n) is 2.96. The van der Waals surface area contributed by atoms with Crippen molar-refractivity contribution in [2.24, 2.45) is 0 Å². The summed E-state index contributed by atoms with van der Waals surface area (Å²) >= 11 is 9.16. The van der Waals surface area contributed by atoms with Crippen molar-refractivity contribution in [3.05, 3.63) is 0 Å². The van der Waals surface area contributed by atoms with Crippen LogP contribution < -0.4 is 0 Å². The van der Waals surface area contributed by atoms with Crippen LogP contribution in [-0.4, -0.2) is 17.0 Å². The van der Waals surface area contributed by atoms with E-state index >= 15 is 0 Å². The van der Waals surface area contributed by atoms with Gasteiger partial charge in [-0.25, -0.2) is 0 Å². The van der Waals surface area contributed by atoms with E-state index < -0.39 is 7.60 Å². The topological polar surface area (TPSA) is 29.5 Å². The molecule has 2 nitrogen and oxygen atoms in total. The zero-order valence-corrected chi connectivity index (χ0v) is 8.15. The van der Waals surface area contributed by atoms with Crippen molar-refractivity contribution >= 4 is 35.2 Å². The summed E-state index contributed by atoms with van der Waals surface area (Å²) in [6.45, 7) is 2.56. The lowest BCUT2D eigenvalue weighted by Crippen LogP contribution is -2.04. The molecule has 0 rings (SSSR count). The number of aliphatic hydroxyl groups excluding tert-OH is 1. The first-order valence-corrected chi connectivity index (χ1v) is 6.04. The summed E-state index contributed by atoms with van der Waals surface area (Å²) in [5.74, 6) is 0. The van der Waals surface area contributed by atoms with Crippen LogP contribution in [0.25, 0.3) is 0 Å². The maximum Gasteiger partial charge on any atom is 0.251 e. The minimum Gasteiger partial charge on any atom is -0.332 e. The molecule has 5 heteroatoms. The van der Waals surface area contributed by atoms with E-state index in [0.29, 0.717) is 6.61 Å². The number of unbranched alkanes of at least 4 members (excludes halogenated alkanes) is 1. The van der Waals surface area contributed by atoms with E-state index in [9.17, 15) is 0 Å². The van der Waals surface area contributed by atoms with Gasteiger partial charge in [-0.2, -0.15) is 0 Å². The Morgan fingerprint density at radius 1 is 1.60 bits per heavy atom. The van der Waals surface area contributed by atoms with Gasteiger partial charge >= 0.3 is 0 Å². The van der Waals surface area contributed by atoms with Crippen molar-refractivity contribution in [1.29, 1.82) is 0 Å². The molecule has 0 aromatic rings. The molecule has 0 aliphatic rings. The Labute approximate surface area is 71.6 Å². The number of hydrogen-bond acceptors (Lipinski definition) is 3. The SMILES string of the molecule is CCCCOC(O)=S(=S)=S. The van der Waals surface area contributed by atoms with E-state index in [1.54, 1.807) is 0 Å².